The van der Waals surface area contributed by atoms with Crippen molar-refractivity contribution in [3.8, 4) is 0 Å². The van der Waals surface area contributed by atoms with E-state index < -0.39 is 0 Å². The standard InChI is InChI=1S/C8H15N5O/c1-6-8(2,4-5-14-6)9-7-10-11-12-13(7)3/h6H,4-5H2,1-3H3,(H,9,10,12). The van der Waals surface area contributed by atoms with Crippen LogP contribution in [-0.4, -0.2) is 38.5 Å². The van der Waals surface area contributed by atoms with Crippen LogP contribution in [0.3, 0.4) is 0 Å². The Morgan fingerprint density at radius 2 is 2.43 bits per heavy atom. The maximum Gasteiger partial charge on any atom is 0.243 e. The third kappa shape index (κ3) is 1.45. The maximum absolute atomic E-state index is 5.52. The first-order valence-electron chi connectivity index (χ1n) is 4.74. The molecule has 6 nitrogen and oxygen atoms in total. The average Bonchev–Trinajstić information content (AvgIpc) is 2.64. The van der Waals surface area contributed by atoms with Crippen LogP contribution < -0.4 is 5.32 Å². The van der Waals surface area contributed by atoms with E-state index in [1.54, 1.807) is 4.68 Å². The molecule has 0 amide bonds. The van der Waals surface area contributed by atoms with E-state index in [9.17, 15) is 0 Å². The SMILES string of the molecule is CC1OCCC1(C)Nc1nnnn1C. The Bertz CT molecular complexity index is 325. The van der Waals surface area contributed by atoms with Crippen LogP contribution in [0.5, 0.6) is 0 Å². The predicted octanol–water partition coefficient (Wildman–Crippen LogP) is 0.189. The van der Waals surface area contributed by atoms with Crippen LogP contribution in [0.1, 0.15) is 20.3 Å². The molecule has 2 rings (SSSR count). The summed E-state index contributed by atoms with van der Waals surface area (Å²) < 4.78 is 7.14. The lowest BCUT2D eigenvalue weighted by molar-refractivity contribution is 0.105. The summed E-state index contributed by atoms with van der Waals surface area (Å²) in [7, 11) is 1.81. The van der Waals surface area contributed by atoms with E-state index in [1.165, 1.54) is 0 Å². The smallest absolute Gasteiger partial charge is 0.243 e. The first-order chi connectivity index (χ1) is 6.62. The minimum absolute atomic E-state index is 0.0670. The van der Waals surface area contributed by atoms with Gasteiger partial charge in [0.25, 0.3) is 0 Å². The lowest BCUT2D eigenvalue weighted by atomic mass is 9.95. The van der Waals surface area contributed by atoms with Gasteiger partial charge in [0, 0.05) is 13.7 Å². The third-order valence-corrected chi connectivity index (χ3v) is 2.90. The molecule has 1 saturated heterocycles. The molecule has 1 aliphatic heterocycles. The van der Waals surface area contributed by atoms with Crippen LogP contribution in [-0.2, 0) is 11.8 Å². The highest BCUT2D eigenvalue weighted by Gasteiger charge is 2.37. The number of tetrazole rings is 1. The van der Waals surface area contributed by atoms with Gasteiger partial charge in [-0.3, -0.25) is 0 Å². The Labute approximate surface area is 82.6 Å². The van der Waals surface area contributed by atoms with Gasteiger partial charge >= 0.3 is 0 Å². The van der Waals surface area contributed by atoms with Gasteiger partial charge in [0.15, 0.2) is 0 Å². The number of hydrogen-bond acceptors (Lipinski definition) is 5. The number of aryl methyl sites for hydroxylation is 1. The summed E-state index contributed by atoms with van der Waals surface area (Å²) in [5.74, 6) is 0.685. The molecule has 1 aliphatic rings. The molecule has 1 aromatic heterocycles. The maximum atomic E-state index is 5.52. The molecule has 0 bridgehead atoms. The van der Waals surface area contributed by atoms with Crippen molar-refractivity contribution in [1.29, 1.82) is 0 Å². The highest BCUT2D eigenvalue weighted by atomic mass is 16.5. The summed E-state index contributed by atoms with van der Waals surface area (Å²) in [6.45, 7) is 4.97. The molecule has 14 heavy (non-hydrogen) atoms. The largest absolute Gasteiger partial charge is 0.376 e. The zero-order valence-electron chi connectivity index (χ0n) is 8.69. The van der Waals surface area contributed by atoms with Crippen molar-refractivity contribution in [3.05, 3.63) is 0 Å². The zero-order valence-corrected chi connectivity index (χ0v) is 8.69. The van der Waals surface area contributed by atoms with Crippen molar-refractivity contribution < 1.29 is 4.74 Å². The summed E-state index contributed by atoms with van der Waals surface area (Å²) in [6, 6.07) is 0. The van der Waals surface area contributed by atoms with Crippen LogP contribution in [0, 0.1) is 0 Å². The molecular weight excluding hydrogens is 182 g/mol. The Morgan fingerprint density at radius 1 is 1.64 bits per heavy atom. The Morgan fingerprint density at radius 3 is 2.93 bits per heavy atom. The molecule has 2 unspecified atom stereocenters. The molecule has 0 spiro atoms. The van der Waals surface area contributed by atoms with Gasteiger partial charge in [0.1, 0.15) is 0 Å². The number of nitrogens with zero attached hydrogens (tertiary/aromatic N) is 4. The number of anilines is 1. The van der Waals surface area contributed by atoms with E-state index in [-0.39, 0.29) is 11.6 Å². The average molecular weight is 197 g/mol. The quantitative estimate of drug-likeness (QED) is 0.733. The molecule has 0 aliphatic carbocycles. The van der Waals surface area contributed by atoms with Gasteiger partial charge < -0.3 is 10.1 Å². The number of hydrogen-bond donors (Lipinski definition) is 1. The molecule has 0 aromatic carbocycles. The molecule has 0 saturated carbocycles. The molecule has 0 radical (unpaired) electrons. The minimum Gasteiger partial charge on any atom is -0.376 e. The van der Waals surface area contributed by atoms with E-state index in [0.717, 1.165) is 13.0 Å². The first-order valence-corrected chi connectivity index (χ1v) is 4.74. The lowest BCUT2D eigenvalue weighted by Crippen LogP contribution is -2.42. The van der Waals surface area contributed by atoms with Gasteiger partial charge in [0.05, 0.1) is 11.6 Å². The van der Waals surface area contributed by atoms with E-state index in [1.807, 2.05) is 7.05 Å². The molecule has 78 valence electrons. The number of nitrogens with one attached hydrogen (secondary N) is 1. The second kappa shape index (κ2) is 3.20. The number of rotatable bonds is 2. The first kappa shape index (κ1) is 9.39. The fraction of sp³-hybridized carbons (Fsp3) is 0.875. The van der Waals surface area contributed by atoms with Crippen molar-refractivity contribution in [2.24, 2.45) is 7.05 Å². The lowest BCUT2D eigenvalue weighted by Gasteiger charge is -2.28. The Balaban J connectivity index is 2.14. The van der Waals surface area contributed by atoms with Crippen molar-refractivity contribution in [1.82, 2.24) is 20.2 Å². The molecule has 1 aromatic rings. The zero-order chi connectivity index (χ0) is 10.2. The topological polar surface area (TPSA) is 64.9 Å². The van der Waals surface area contributed by atoms with Crippen molar-refractivity contribution in [3.63, 3.8) is 0 Å². The van der Waals surface area contributed by atoms with E-state index in [2.05, 4.69) is 34.7 Å². The normalized spacial score (nSPS) is 32.1. The van der Waals surface area contributed by atoms with Gasteiger partial charge in [0.2, 0.25) is 5.95 Å². The van der Waals surface area contributed by atoms with E-state index in [0.29, 0.717) is 5.95 Å². The van der Waals surface area contributed by atoms with Gasteiger partial charge in [-0.15, -0.1) is 0 Å². The van der Waals surface area contributed by atoms with Crippen molar-refractivity contribution in [2.45, 2.75) is 31.9 Å². The molecule has 1 fully saturated rings. The summed E-state index contributed by atoms with van der Waals surface area (Å²) in [5, 5.41) is 14.6. The van der Waals surface area contributed by atoms with Crippen LogP contribution in [0.15, 0.2) is 0 Å². The second-order valence-electron chi connectivity index (χ2n) is 3.93. The van der Waals surface area contributed by atoms with Crippen molar-refractivity contribution in [2.75, 3.05) is 11.9 Å². The van der Waals surface area contributed by atoms with Gasteiger partial charge in [-0.05, 0) is 30.7 Å². The highest BCUT2D eigenvalue weighted by molar-refractivity contribution is 5.28. The highest BCUT2D eigenvalue weighted by Crippen LogP contribution is 2.28. The molecule has 1 N–H and O–H groups in total. The summed E-state index contributed by atoms with van der Waals surface area (Å²) >= 11 is 0. The van der Waals surface area contributed by atoms with Crippen LogP contribution in [0.4, 0.5) is 5.95 Å². The Hall–Kier alpha value is -1.17. The fourth-order valence-electron chi connectivity index (χ4n) is 1.59. The summed E-state index contributed by atoms with van der Waals surface area (Å²) in [6.07, 6.45) is 1.15. The van der Waals surface area contributed by atoms with Crippen LogP contribution in [0.2, 0.25) is 0 Å². The van der Waals surface area contributed by atoms with Crippen LogP contribution in [0.25, 0.3) is 0 Å². The molecule has 2 heterocycles. The van der Waals surface area contributed by atoms with Gasteiger partial charge in [-0.2, -0.15) is 0 Å². The predicted molar refractivity (Wildman–Crippen MR) is 50.9 cm³/mol. The van der Waals surface area contributed by atoms with E-state index >= 15 is 0 Å². The Kier molecular flexibility index (Phi) is 2.14. The van der Waals surface area contributed by atoms with E-state index in [4.69, 9.17) is 4.74 Å². The van der Waals surface area contributed by atoms with Crippen LogP contribution >= 0.6 is 0 Å². The fourth-order valence-corrected chi connectivity index (χ4v) is 1.59. The summed E-state index contributed by atoms with van der Waals surface area (Å²) in [4.78, 5) is 0. The third-order valence-electron chi connectivity index (χ3n) is 2.90. The second-order valence-corrected chi connectivity index (χ2v) is 3.93. The minimum atomic E-state index is -0.0670. The summed E-state index contributed by atoms with van der Waals surface area (Å²) in [5.41, 5.74) is -0.0670. The number of aromatic nitrogens is 4. The monoisotopic (exact) mass is 197 g/mol. The molecule has 2 atom stereocenters. The van der Waals surface area contributed by atoms with Gasteiger partial charge in [-0.25, -0.2) is 4.68 Å². The molecule has 6 heteroatoms. The number of ether oxygens (including phenoxy) is 1. The van der Waals surface area contributed by atoms with Gasteiger partial charge in [-0.1, -0.05) is 5.10 Å². The molecular formula is C8H15N5O. The van der Waals surface area contributed by atoms with Crippen molar-refractivity contribution >= 4 is 5.95 Å².